The van der Waals surface area contributed by atoms with E-state index in [0.29, 0.717) is 0 Å². The minimum absolute atomic E-state index is 0.0619. The van der Waals surface area contributed by atoms with Crippen molar-refractivity contribution in [3.63, 3.8) is 0 Å². The van der Waals surface area contributed by atoms with Gasteiger partial charge in [-0.1, -0.05) is 24.3 Å². The van der Waals surface area contributed by atoms with Crippen molar-refractivity contribution in [2.45, 2.75) is 19.9 Å². The van der Waals surface area contributed by atoms with Gasteiger partial charge in [-0.3, -0.25) is 4.79 Å². The number of aromatic hydroxyl groups is 1. The van der Waals surface area contributed by atoms with Crippen LogP contribution < -0.4 is 5.32 Å². The zero-order valence-corrected chi connectivity index (χ0v) is 11.4. The molecule has 1 unspecified atom stereocenters. The van der Waals surface area contributed by atoms with E-state index in [-0.39, 0.29) is 17.4 Å². The van der Waals surface area contributed by atoms with Crippen LogP contribution in [0.15, 0.2) is 42.5 Å². The van der Waals surface area contributed by atoms with Crippen molar-refractivity contribution in [2.24, 2.45) is 0 Å². The Kier molecular flexibility index (Phi) is 4.03. The SMILES string of the molecule is Cc1ccccc1C(C)NC(=O)c1ccc(F)cc1O. The molecule has 3 nitrogen and oxygen atoms in total. The summed E-state index contributed by atoms with van der Waals surface area (Å²) in [6, 6.07) is 10.9. The second-order valence-electron chi connectivity index (χ2n) is 4.71. The number of halogens is 1. The van der Waals surface area contributed by atoms with Gasteiger partial charge < -0.3 is 10.4 Å². The van der Waals surface area contributed by atoms with Crippen LogP contribution in [0.1, 0.15) is 34.5 Å². The van der Waals surface area contributed by atoms with Gasteiger partial charge in [0.05, 0.1) is 11.6 Å². The Labute approximate surface area is 117 Å². The molecule has 0 bridgehead atoms. The van der Waals surface area contributed by atoms with Crippen LogP contribution in [0, 0.1) is 12.7 Å². The Hall–Kier alpha value is -2.36. The molecule has 4 heteroatoms. The summed E-state index contributed by atoms with van der Waals surface area (Å²) in [7, 11) is 0. The van der Waals surface area contributed by atoms with Crippen molar-refractivity contribution in [2.75, 3.05) is 0 Å². The fourth-order valence-electron chi connectivity index (χ4n) is 2.12. The summed E-state index contributed by atoms with van der Waals surface area (Å²) >= 11 is 0. The number of phenolic OH excluding ortho intramolecular Hbond substituents is 1. The van der Waals surface area contributed by atoms with Crippen molar-refractivity contribution < 1.29 is 14.3 Å². The van der Waals surface area contributed by atoms with Gasteiger partial charge in [0.15, 0.2) is 0 Å². The first-order chi connectivity index (χ1) is 9.49. The van der Waals surface area contributed by atoms with Crippen LogP contribution in [0.2, 0.25) is 0 Å². The Bertz CT molecular complexity index is 640. The van der Waals surface area contributed by atoms with E-state index >= 15 is 0 Å². The van der Waals surface area contributed by atoms with Gasteiger partial charge in [-0.25, -0.2) is 4.39 Å². The summed E-state index contributed by atoms with van der Waals surface area (Å²) in [5.41, 5.74) is 2.14. The highest BCUT2D eigenvalue weighted by Crippen LogP contribution is 2.21. The van der Waals surface area contributed by atoms with E-state index in [2.05, 4.69) is 5.32 Å². The number of phenols is 1. The number of nitrogens with one attached hydrogen (secondary N) is 1. The van der Waals surface area contributed by atoms with Crippen LogP contribution in [0.4, 0.5) is 4.39 Å². The van der Waals surface area contributed by atoms with E-state index in [0.717, 1.165) is 23.3 Å². The van der Waals surface area contributed by atoms with E-state index in [9.17, 15) is 14.3 Å². The Balaban J connectivity index is 2.17. The smallest absolute Gasteiger partial charge is 0.255 e. The van der Waals surface area contributed by atoms with Gasteiger partial charge in [-0.15, -0.1) is 0 Å². The minimum atomic E-state index is -0.578. The maximum absolute atomic E-state index is 12.9. The highest BCUT2D eigenvalue weighted by atomic mass is 19.1. The summed E-state index contributed by atoms with van der Waals surface area (Å²) in [5.74, 6) is -1.37. The molecule has 1 amide bonds. The molecule has 0 heterocycles. The Morgan fingerprint density at radius 1 is 1.25 bits per heavy atom. The predicted molar refractivity (Wildman–Crippen MR) is 75.1 cm³/mol. The quantitative estimate of drug-likeness (QED) is 0.901. The molecule has 0 aliphatic rings. The number of amides is 1. The number of aryl methyl sites for hydroxylation is 1. The lowest BCUT2D eigenvalue weighted by atomic mass is 10.0. The van der Waals surface area contributed by atoms with E-state index in [1.165, 1.54) is 6.07 Å². The zero-order valence-electron chi connectivity index (χ0n) is 11.4. The molecule has 20 heavy (non-hydrogen) atoms. The van der Waals surface area contributed by atoms with Gasteiger partial charge in [0, 0.05) is 6.07 Å². The molecular formula is C16H16FNO2. The molecule has 104 valence electrons. The lowest BCUT2D eigenvalue weighted by molar-refractivity contribution is 0.0937. The maximum Gasteiger partial charge on any atom is 0.255 e. The summed E-state index contributed by atoms with van der Waals surface area (Å²) < 4.78 is 12.9. The van der Waals surface area contributed by atoms with Crippen LogP contribution in [0.25, 0.3) is 0 Å². The monoisotopic (exact) mass is 273 g/mol. The average Bonchev–Trinajstić information content (AvgIpc) is 2.38. The van der Waals surface area contributed by atoms with Crippen molar-refractivity contribution in [3.8, 4) is 5.75 Å². The molecule has 2 rings (SSSR count). The van der Waals surface area contributed by atoms with Crippen molar-refractivity contribution in [3.05, 3.63) is 65.0 Å². The number of carbonyl (C=O) groups excluding carboxylic acids is 1. The van der Waals surface area contributed by atoms with Crippen LogP contribution in [0.5, 0.6) is 5.75 Å². The Morgan fingerprint density at radius 3 is 2.60 bits per heavy atom. The minimum Gasteiger partial charge on any atom is -0.507 e. The van der Waals surface area contributed by atoms with Crippen molar-refractivity contribution >= 4 is 5.91 Å². The topological polar surface area (TPSA) is 49.3 Å². The van der Waals surface area contributed by atoms with Crippen molar-refractivity contribution in [1.82, 2.24) is 5.32 Å². The number of carbonyl (C=O) groups is 1. The number of benzene rings is 2. The summed E-state index contributed by atoms with van der Waals surface area (Å²) in [5, 5.41) is 12.4. The van der Waals surface area contributed by atoms with Crippen LogP contribution in [-0.2, 0) is 0 Å². The molecule has 0 aliphatic heterocycles. The van der Waals surface area contributed by atoms with E-state index in [1.54, 1.807) is 0 Å². The Morgan fingerprint density at radius 2 is 1.95 bits per heavy atom. The van der Waals surface area contributed by atoms with E-state index in [1.807, 2.05) is 38.1 Å². The third kappa shape index (κ3) is 2.96. The molecule has 0 aliphatic carbocycles. The van der Waals surface area contributed by atoms with Gasteiger partial charge in [-0.2, -0.15) is 0 Å². The lowest BCUT2D eigenvalue weighted by Gasteiger charge is -2.17. The molecule has 0 fully saturated rings. The fourth-order valence-corrected chi connectivity index (χ4v) is 2.12. The van der Waals surface area contributed by atoms with Crippen LogP contribution in [0.3, 0.4) is 0 Å². The predicted octanol–water partition coefficient (Wildman–Crippen LogP) is 3.33. The first-order valence-corrected chi connectivity index (χ1v) is 6.34. The second-order valence-corrected chi connectivity index (χ2v) is 4.71. The molecular weight excluding hydrogens is 257 g/mol. The molecule has 2 aromatic carbocycles. The standard InChI is InChI=1S/C16H16FNO2/c1-10-5-3-4-6-13(10)11(2)18-16(20)14-8-7-12(17)9-15(14)19/h3-9,11,19H,1-2H3,(H,18,20). The zero-order chi connectivity index (χ0) is 14.7. The van der Waals surface area contributed by atoms with Crippen LogP contribution in [-0.4, -0.2) is 11.0 Å². The third-order valence-corrected chi connectivity index (χ3v) is 3.21. The molecule has 0 spiro atoms. The molecule has 0 saturated heterocycles. The van der Waals surface area contributed by atoms with Gasteiger partial charge >= 0.3 is 0 Å². The first kappa shape index (κ1) is 14.1. The van der Waals surface area contributed by atoms with E-state index in [4.69, 9.17) is 0 Å². The van der Waals surface area contributed by atoms with Gasteiger partial charge in [0.1, 0.15) is 11.6 Å². The highest BCUT2D eigenvalue weighted by molar-refractivity contribution is 5.97. The number of rotatable bonds is 3. The van der Waals surface area contributed by atoms with Crippen LogP contribution >= 0.6 is 0 Å². The van der Waals surface area contributed by atoms with E-state index < -0.39 is 11.7 Å². The fraction of sp³-hybridized carbons (Fsp3) is 0.188. The summed E-state index contributed by atoms with van der Waals surface area (Å²) in [6.07, 6.45) is 0. The van der Waals surface area contributed by atoms with Crippen molar-refractivity contribution in [1.29, 1.82) is 0 Å². The van der Waals surface area contributed by atoms with Gasteiger partial charge in [-0.05, 0) is 37.1 Å². The normalized spacial score (nSPS) is 11.9. The molecule has 0 aromatic heterocycles. The largest absolute Gasteiger partial charge is 0.507 e. The third-order valence-electron chi connectivity index (χ3n) is 3.21. The number of hydrogen-bond acceptors (Lipinski definition) is 2. The molecule has 0 radical (unpaired) electrons. The molecule has 0 saturated carbocycles. The first-order valence-electron chi connectivity index (χ1n) is 6.34. The highest BCUT2D eigenvalue weighted by Gasteiger charge is 2.16. The lowest BCUT2D eigenvalue weighted by Crippen LogP contribution is -2.27. The van der Waals surface area contributed by atoms with Gasteiger partial charge in [0.2, 0.25) is 0 Å². The molecule has 2 aromatic rings. The molecule has 1 atom stereocenters. The maximum atomic E-state index is 12.9. The summed E-state index contributed by atoms with van der Waals surface area (Å²) in [4.78, 5) is 12.1. The molecule has 2 N–H and O–H groups in total. The summed E-state index contributed by atoms with van der Waals surface area (Å²) in [6.45, 7) is 3.83. The second kappa shape index (κ2) is 5.74. The number of hydrogen-bond donors (Lipinski definition) is 2. The average molecular weight is 273 g/mol. The van der Waals surface area contributed by atoms with Gasteiger partial charge in [0.25, 0.3) is 5.91 Å².